The van der Waals surface area contributed by atoms with E-state index in [0.29, 0.717) is 13.3 Å². The summed E-state index contributed by atoms with van der Waals surface area (Å²) in [6.45, 7) is 0. The molecule has 0 amide bonds. The predicted molar refractivity (Wildman–Crippen MR) is 48.2 cm³/mol. The standard InChI is InChI=1S/CH5N.I3.Sn.4H/c1-2;1-3-2;;;;;/h2H2,1H3;;;;;;/q;-1;;;;;/p+1. The molecule has 0 spiro atoms. The Balaban J connectivity index is -0.0000000275. The molecule has 0 bridgehead atoms. The van der Waals surface area contributed by atoms with Gasteiger partial charge in [0.15, 0.2) is 0 Å². The van der Waals surface area contributed by atoms with Crippen LogP contribution in [0.2, 0.25) is 0 Å². The molecular weight excluding hydrogens is 525 g/mol. The van der Waals surface area contributed by atoms with Crippen LogP contribution in [0.4, 0.5) is 0 Å². The zero-order chi connectivity index (χ0) is 4.71. The summed E-state index contributed by atoms with van der Waals surface area (Å²) in [5, 5.41) is 0. The maximum atomic E-state index is 3.25. The summed E-state index contributed by atoms with van der Waals surface area (Å²) in [5.74, 6) is 0. The summed E-state index contributed by atoms with van der Waals surface area (Å²) in [6.07, 6.45) is 0. The molecule has 0 aromatic carbocycles. The molecule has 0 saturated carbocycles. The Hall–Kier alpha value is 2.95. The van der Waals surface area contributed by atoms with Crippen LogP contribution in [-0.2, 0) is 0 Å². The van der Waals surface area contributed by atoms with Crippen LogP contribution in [-0.4, -0.2) is 31.0 Å². The van der Waals surface area contributed by atoms with E-state index in [4.69, 9.17) is 0 Å². The van der Waals surface area contributed by atoms with Gasteiger partial charge in [-0.1, -0.05) is 0 Å². The minimum atomic E-state index is 0. The second kappa shape index (κ2) is 24.6. The van der Waals surface area contributed by atoms with Crippen LogP contribution in [0.25, 0.3) is 0 Å². The molecule has 0 radical (unpaired) electrons. The van der Waals surface area contributed by atoms with Crippen LogP contribution in [0, 0.1) is 0 Å². The minimum absolute atomic E-state index is 0. The first kappa shape index (κ1) is 16.0. The molecule has 44 valence electrons. The van der Waals surface area contributed by atoms with Gasteiger partial charge < -0.3 is 5.73 Å². The zero-order valence-corrected chi connectivity index (χ0v) is 9.31. The zero-order valence-electron chi connectivity index (χ0n) is 2.84. The van der Waals surface area contributed by atoms with Gasteiger partial charge in [-0.05, 0) is 0 Å². The van der Waals surface area contributed by atoms with Crippen molar-refractivity contribution in [2.24, 2.45) is 0 Å². The summed E-state index contributed by atoms with van der Waals surface area (Å²) in [4.78, 5) is 0. The fraction of sp³-hybridized carbons (Fsp3) is 1.00. The van der Waals surface area contributed by atoms with E-state index in [9.17, 15) is 0 Å². The van der Waals surface area contributed by atoms with Crippen LogP contribution in [0.15, 0.2) is 0 Å². The first-order valence-electron chi connectivity index (χ1n) is 0.993. The van der Waals surface area contributed by atoms with Crippen LogP contribution in [0.1, 0.15) is 0 Å². The summed E-state index contributed by atoms with van der Waals surface area (Å²) in [7, 11) is 1.75. The van der Waals surface area contributed by atoms with Crippen LogP contribution in [0.3, 0.4) is 0 Å². The number of halogens is 3. The third-order valence-corrected chi connectivity index (χ3v) is 0. The molecule has 5 heteroatoms. The summed E-state index contributed by atoms with van der Waals surface area (Å²) >= 11 is 5.30. The molecule has 0 saturated heterocycles. The SMILES string of the molecule is C[NH3+].I[I-]I.[SnH4]. The van der Waals surface area contributed by atoms with Crippen molar-refractivity contribution in [1.82, 2.24) is 0 Å². The summed E-state index contributed by atoms with van der Waals surface area (Å²) in [5.41, 5.74) is 3.25. The number of hydrogen-bond donors (Lipinski definition) is 1. The molecule has 0 aliphatic rings. The molecule has 0 aromatic heterocycles. The fourth-order valence-electron chi connectivity index (χ4n) is 0. The van der Waals surface area contributed by atoms with Crippen LogP contribution >= 0.6 is 37.2 Å². The van der Waals surface area contributed by atoms with Crippen molar-refractivity contribution in [3.8, 4) is 0 Å². The van der Waals surface area contributed by atoms with E-state index < -0.39 is 0 Å². The van der Waals surface area contributed by atoms with Gasteiger partial charge in [-0.3, -0.25) is 0 Å². The maximum absolute atomic E-state index is 3.25. The predicted octanol–water partition coefficient (Wildman–Crippen LogP) is -3.82. The molecule has 3 N–H and O–H groups in total. The number of rotatable bonds is 0. The van der Waals surface area contributed by atoms with Gasteiger partial charge in [0.1, 0.15) is 0 Å². The average molecular weight is 536 g/mol. The van der Waals surface area contributed by atoms with E-state index >= 15 is 0 Å². The molecule has 0 atom stereocenters. The van der Waals surface area contributed by atoms with Gasteiger partial charge in [-0.25, -0.2) is 0 Å². The Morgan fingerprint density at radius 1 is 1.33 bits per heavy atom. The quantitative estimate of drug-likeness (QED) is 0.244. The second-order valence-corrected chi connectivity index (χ2v) is 16.3. The third kappa shape index (κ3) is 28.3. The van der Waals surface area contributed by atoms with Crippen LogP contribution in [0.5, 0.6) is 0 Å². The molecule has 0 rings (SSSR count). The molecule has 0 heterocycles. The summed E-state index contributed by atoms with van der Waals surface area (Å²) < 4.78 is 0. The molecule has 1 nitrogen and oxygen atoms in total. The Labute approximate surface area is 85.1 Å². The first-order valence-corrected chi connectivity index (χ1v) is 13.6. The Morgan fingerprint density at radius 2 is 1.33 bits per heavy atom. The molecule has 0 aliphatic carbocycles. The van der Waals surface area contributed by atoms with Gasteiger partial charge >= 0.3 is 74.4 Å². The second-order valence-electron chi connectivity index (χ2n) is 0.0540. The normalized spacial score (nSPS) is 4.67. The average Bonchev–Trinajstić information content (AvgIpc) is 1.46. The van der Waals surface area contributed by atoms with Gasteiger partial charge in [-0.2, -0.15) is 0 Å². The Kier molecular flexibility index (Phi) is 65.5. The Morgan fingerprint density at radius 3 is 1.33 bits per heavy atom. The molecular formula is CH10I3NSn. The molecule has 0 aromatic rings. The summed E-state index contributed by atoms with van der Waals surface area (Å²) in [6, 6.07) is 0. The van der Waals surface area contributed by atoms with Gasteiger partial charge in [-0.15, -0.1) is 0 Å². The molecule has 0 unspecified atom stereocenters. The molecule has 6 heavy (non-hydrogen) atoms. The van der Waals surface area contributed by atoms with E-state index in [1.807, 2.05) is 0 Å². The third-order valence-electron chi connectivity index (χ3n) is 0. The topological polar surface area (TPSA) is 27.6 Å². The van der Waals surface area contributed by atoms with Crippen molar-refractivity contribution >= 4 is 61.1 Å². The van der Waals surface area contributed by atoms with E-state index in [2.05, 4.69) is 43.0 Å². The van der Waals surface area contributed by atoms with Crippen molar-refractivity contribution in [1.29, 1.82) is 0 Å². The Bertz CT molecular complexity index is 10.8. The van der Waals surface area contributed by atoms with E-state index in [-0.39, 0.29) is 23.9 Å². The van der Waals surface area contributed by atoms with Crippen LogP contribution < -0.4 is 19.0 Å². The van der Waals surface area contributed by atoms with Crippen molar-refractivity contribution < 1.29 is 19.0 Å². The first-order chi connectivity index (χ1) is 2.41. The number of quaternary nitrogens is 1. The molecule has 0 aliphatic heterocycles. The van der Waals surface area contributed by atoms with Crippen molar-refractivity contribution in [2.45, 2.75) is 0 Å². The van der Waals surface area contributed by atoms with Crippen molar-refractivity contribution in [3.63, 3.8) is 0 Å². The molecule has 0 fully saturated rings. The van der Waals surface area contributed by atoms with Crippen molar-refractivity contribution in [3.05, 3.63) is 0 Å². The van der Waals surface area contributed by atoms with E-state index in [1.165, 1.54) is 0 Å². The van der Waals surface area contributed by atoms with Gasteiger partial charge in [0.05, 0.1) is 7.05 Å². The van der Waals surface area contributed by atoms with E-state index in [0.717, 1.165) is 0 Å². The monoisotopic (exact) mass is 537 g/mol. The van der Waals surface area contributed by atoms with Crippen molar-refractivity contribution in [2.75, 3.05) is 7.05 Å². The van der Waals surface area contributed by atoms with Gasteiger partial charge in [0.25, 0.3) is 0 Å². The number of hydrogen-bond acceptors (Lipinski definition) is 0. The fourth-order valence-corrected chi connectivity index (χ4v) is 0. The van der Waals surface area contributed by atoms with E-state index in [1.54, 1.807) is 7.05 Å². The van der Waals surface area contributed by atoms with Gasteiger partial charge in [0.2, 0.25) is 0 Å². The van der Waals surface area contributed by atoms with Gasteiger partial charge in [0, 0.05) is 0 Å².